The Bertz CT molecular complexity index is 540. The van der Waals surface area contributed by atoms with Gasteiger partial charge in [0.2, 0.25) is 0 Å². The Morgan fingerprint density at radius 1 is 1.33 bits per heavy atom. The predicted octanol–water partition coefficient (Wildman–Crippen LogP) is 3.13. The van der Waals surface area contributed by atoms with Gasteiger partial charge in [-0.3, -0.25) is 10.1 Å². The number of nitrogens with one attached hydrogen (secondary N) is 1. The number of nitro groups is 1. The zero-order valence-electron chi connectivity index (χ0n) is 9.43. The van der Waals surface area contributed by atoms with Gasteiger partial charge in [-0.05, 0) is 18.2 Å². The highest BCUT2D eigenvalue weighted by Gasteiger charge is 2.13. The van der Waals surface area contributed by atoms with Gasteiger partial charge in [0.1, 0.15) is 0 Å². The molecule has 0 fully saturated rings. The number of halogens is 1. The summed E-state index contributed by atoms with van der Waals surface area (Å²) in [5.41, 5.74) is 1.63. The van der Waals surface area contributed by atoms with Crippen LogP contribution in [-0.2, 0) is 13.1 Å². The quantitative estimate of drug-likeness (QED) is 0.667. The molecule has 1 aromatic carbocycles. The fourth-order valence-corrected chi connectivity index (χ4v) is 1.76. The molecule has 0 amide bonds. The third kappa shape index (κ3) is 3.09. The van der Waals surface area contributed by atoms with Gasteiger partial charge in [0, 0.05) is 35.3 Å². The fraction of sp³-hybridized carbons (Fsp3) is 0.167. The summed E-state index contributed by atoms with van der Waals surface area (Å²) in [6, 6.07) is 6.49. The Balaban J connectivity index is 2.02. The minimum Gasteiger partial charge on any atom is -0.472 e. The fourth-order valence-electron chi connectivity index (χ4n) is 1.59. The van der Waals surface area contributed by atoms with E-state index in [1.807, 2.05) is 6.07 Å². The van der Waals surface area contributed by atoms with Crippen LogP contribution in [0.25, 0.3) is 0 Å². The first kappa shape index (κ1) is 12.6. The summed E-state index contributed by atoms with van der Waals surface area (Å²) in [6.07, 6.45) is 3.21. The Kier molecular flexibility index (Phi) is 3.96. The summed E-state index contributed by atoms with van der Waals surface area (Å²) in [5, 5.41) is 14.3. The monoisotopic (exact) mass is 266 g/mol. The molecule has 0 aliphatic heterocycles. The summed E-state index contributed by atoms with van der Waals surface area (Å²) < 4.78 is 4.93. The lowest BCUT2D eigenvalue weighted by Gasteiger charge is -2.04. The Morgan fingerprint density at radius 3 is 2.83 bits per heavy atom. The molecule has 0 aliphatic carbocycles. The maximum Gasteiger partial charge on any atom is 0.275 e. The van der Waals surface area contributed by atoms with E-state index in [9.17, 15) is 10.1 Å². The molecule has 0 bridgehead atoms. The lowest BCUT2D eigenvalue weighted by Crippen LogP contribution is -2.13. The molecule has 1 aromatic heterocycles. The van der Waals surface area contributed by atoms with Crippen molar-refractivity contribution in [3.05, 3.63) is 63.1 Å². The second kappa shape index (κ2) is 5.66. The topological polar surface area (TPSA) is 68.3 Å². The average Bonchev–Trinajstić information content (AvgIpc) is 2.84. The molecular weight excluding hydrogens is 256 g/mol. The van der Waals surface area contributed by atoms with Crippen LogP contribution < -0.4 is 5.32 Å². The van der Waals surface area contributed by atoms with Crippen LogP contribution in [0.2, 0.25) is 5.02 Å². The number of hydrogen-bond donors (Lipinski definition) is 1. The van der Waals surface area contributed by atoms with E-state index in [0.717, 1.165) is 5.56 Å². The van der Waals surface area contributed by atoms with Crippen molar-refractivity contribution in [2.75, 3.05) is 0 Å². The van der Waals surface area contributed by atoms with Gasteiger partial charge < -0.3 is 9.73 Å². The second-order valence-corrected chi connectivity index (χ2v) is 4.20. The number of furan rings is 1. The van der Waals surface area contributed by atoms with Gasteiger partial charge in [0.15, 0.2) is 0 Å². The first-order chi connectivity index (χ1) is 8.66. The smallest absolute Gasteiger partial charge is 0.275 e. The standard InChI is InChI=1S/C12H11ClN2O3/c13-11-2-1-10(12(5-11)15(16)17)7-14-6-9-3-4-18-8-9/h1-5,8,14H,6-7H2. The van der Waals surface area contributed by atoms with Crippen molar-refractivity contribution in [1.29, 1.82) is 0 Å². The van der Waals surface area contributed by atoms with E-state index in [1.54, 1.807) is 24.7 Å². The first-order valence-corrected chi connectivity index (χ1v) is 5.69. The highest BCUT2D eigenvalue weighted by molar-refractivity contribution is 6.30. The van der Waals surface area contributed by atoms with Gasteiger partial charge in [-0.25, -0.2) is 0 Å². The third-order valence-corrected chi connectivity index (χ3v) is 2.70. The Morgan fingerprint density at radius 2 is 2.17 bits per heavy atom. The third-order valence-electron chi connectivity index (χ3n) is 2.47. The molecule has 2 aromatic rings. The number of benzene rings is 1. The minimum absolute atomic E-state index is 0.0298. The van der Waals surface area contributed by atoms with Crippen molar-refractivity contribution in [1.82, 2.24) is 5.32 Å². The van der Waals surface area contributed by atoms with E-state index in [-0.39, 0.29) is 5.69 Å². The van der Waals surface area contributed by atoms with Crippen molar-refractivity contribution in [3.8, 4) is 0 Å². The van der Waals surface area contributed by atoms with Gasteiger partial charge in [-0.1, -0.05) is 11.6 Å². The SMILES string of the molecule is O=[N+]([O-])c1cc(Cl)ccc1CNCc1ccoc1. The summed E-state index contributed by atoms with van der Waals surface area (Å²) in [7, 11) is 0. The summed E-state index contributed by atoms with van der Waals surface area (Å²) in [4.78, 5) is 10.4. The van der Waals surface area contributed by atoms with Crippen LogP contribution in [0.4, 0.5) is 5.69 Å². The van der Waals surface area contributed by atoms with Crippen molar-refractivity contribution in [2.24, 2.45) is 0 Å². The van der Waals surface area contributed by atoms with Crippen molar-refractivity contribution in [2.45, 2.75) is 13.1 Å². The summed E-state index contributed by atoms with van der Waals surface area (Å²) in [6.45, 7) is 0.995. The molecule has 0 saturated carbocycles. The van der Waals surface area contributed by atoms with Crippen molar-refractivity contribution < 1.29 is 9.34 Å². The van der Waals surface area contributed by atoms with E-state index < -0.39 is 4.92 Å². The van der Waals surface area contributed by atoms with E-state index in [1.165, 1.54) is 6.07 Å². The van der Waals surface area contributed by atoms with E-state index >= 15 is 0 Å². The van der Waals surface area contributed by atoms with Crippen LogP contribution >= 0.6 is 11.6 Å². The molecule has 0 radical (unpaired) electrons. The van der Waals surface area contributed by atoms with Gasteiger partial charge in [-0.15, -0.1) is 0 Å². The number of nitrogens with zero attached hydrogens (tertiary/aromatic N) is 1. The molecule has 5 nitrogen and oxygen atoms in total. The predicted molar refractivity (Wildman–Crippen MR) is 67.4 cm³/mol. The number of rotatable bonds is 5. The average molecular weight is 267 g/mol. The molecular formula is C12H11ClN2O3. The zero-order chi connectivity index (χ0) is 13.0. The van der Waals surface area contributed by atoms with Gasteiger partial charge in [-0.2, -0.15) is 0 Å². The van der Waals surface area contributed by atoms with Crippen LogP contribution in [0.3, 0.4) is 0 Å². The normalized spacial score (nSPS) is 10.5. The van der Waals surface area contributed by atoms with Gasteiger partial charge in [0.05, 0.1) is 17.4 Å². The van der Waals surface area contributed by atoms with Crippen LogP contribution in [0.15, 0.2) is 41.2 Å². The van der Waals surface area contributed by atoms with E-state index in [2.05, 4.69) is 5.32 Å². The minimum atomic E-state index is -0.430. The zero-order valence-corrected chi connectivity index (χ0v) is 10.2. The number of hydrogen-bond acceptors (Lipinski definition) is 4. The molecule has 1 heterocycles. The van der Waals surface area contributed by atoms with E-state index in [0.29, 0.717) is 23.7 Å². The first-order valence-electron chi connectivity index (χ1n) is 5.31. The van der Waals surface area contributed by atoms with Crippen LogP contribution in [0, 0.1) is 10.1 Å². The summed E-state index contributed by atoms with van der Waals surface area (Å²) in [5.74, 6) is 0. The maximum absolute atomic E-state index is 10.9. The second-order valence-electron chi connectivity index (χ2n) is 3.77. The Labute approximate surface area is 109 Å². The lowest BCUT2D eigenvalue weighted by atomic mass is 10.2. The van der Waals surface area contributed by atoms with Crippen molar-refractivity contribution in [3.63, 3.8) is 0 Å². The molecule has 1 N–H and O–H groups in total. The molecule has 0 atom stereocenters. The lowest BCUT2D eigenvalue weighted by molar-refractivity contribution is -0.385. The van der Waals surface area contributed by atoms with E-state index in [4.69, 9.17) is 16.0 Å². The van der Waals surface area contributed by atoms with Crippen LogP contribution in [0.1, 0.15) is 11.1 Å². The number of nitro benzene ring substituents is 1. The van der Waals surface area contributed by atoms with Crippen molar-refractivity contribution >= 4 is 17.3 Å². The summed E-state index contributed by atoms with van der Waals surface area (Å²) >= 11 is 5.74. The largest absolute Gasteiger partial charge is 0.472 e. The van der Waals surface area contributed by atoms with Crippen LogP contribution in [0.5, 0.6) is 0 Å². The molecule has 2 rings (SSSR count). The van der Waals surface area contributed by atoms with Gasteiger partial charge >= 0.3 is 0 Å². The Hall–Kier alpha value is -1.85. The molecule has 6 heteroatoms. The molecule has 94 valence electrons. The highest BCUT2D eigenvalue weighted by atomic mass is 35.5. The highest BCUT2D eigenvalue weighted by Crippen LogP contribution is 2.23. The van der Waals surface area contributed by atoms with Gasteiger partial charge in [0.25, 0.3) is 5.69 Å². The molecule has 0 spiro atoms. The molecule has 0 unspecified atom stereocenters. The maximum atomic E-state index is 10.9. The van der Waals surface area contributed by atoms with Crippen LogP contribution in [-0.4, -0.2) is 4.92 Å². The molecule has 0 aliphatic rings. The molecule has 18 heavy (non-hydrogen) atoms. The molecule has 0 saturated heterocycles.